The summed E-state index contributed by atoms with van der Waals surface area (Å²) in [6, 6.07) is 5.03. The lowest BCUT2D eigenvalue weighted by Gasteiger charge is -2.30. The minimum absolute atomic E-state index is 0. The molecule has 1 saturated heterocycles. The molecular formula is C14H20ClN3O3S. The molecule has 2 aliphatic rings. The van der Waals surface area contributed by atoms with E-state index < -0.39 is 10.0 Å². The molecule has 1 amide bonds. The first kappa shape index (κ1) is 17.2. The molecular weight excluding hydrogens is 326 g/mol. The summed E-state index contributed by atoms with van der Waals surface area (Å²) in [6.45, 7) is 4.13. The number of carbonyl (C=O) groups excluding carboxylic acids is 1. The fraction of sp³-hybridized carbons (Fsp3) is 0.500. The first-order chi connectivity index (χ1) is 10.0. The molecule has 2 heterocycles. The summed E-state index contributed by atoms with van der Waals surface area (Å²) in [5.74, 6) is 0.107. The maximum Gasteiger partial charge on any atom is 0.240 e. The average molecular weight is 346 g/mol. The van der Waals surface area contributed by atoms with Crippen LogP contribution in [0.25, 0.3) is 0 Å². The molecule has 1 aromatic carbocycles. The van der Waals surface area contributed by atoms with Crippen molar-refractivity contribution in [1.29, 1.82) is 0 Å². The molecule has 0 aromatic heterocycles. The fourth-order valence-corrected chi connectivity index (χ4v) is 3.77. The number of fused-ring (bicyclic) bond motifs is 1. The van der Waals surface area contributed by atoms with Gasteiger partial charge in [-0.2, -0.15) is 0 Å². The Bertz CT molecular complexity index is 674. The van der Waals surface area contributed by atoms with Crippen LogP contribution in [0, 0.1) is 5.92 Å². The number of amides is 1. The van der Waals surface area contributed by atoms with Gasteiger partial charge in [0.1, 0.15) is 0 Å². The van der Waals surface area contributed by atoms with E-state index in [2.05, 4.69) is 10.0 Å². The number of hydrogen-bond acceptors (Lipinski definition) is 4. The number of anilines is 1. The van der Waals surface area contributed by atoms with Crippen LogP contribution in [0.5, 0.6) is 0 Å². The summed E-state index contributed by atoms with van der Waals surface area (Å²) in [4.78, 5) is 14.3. The number of rotatable bonds is 4. The van der Waals surface area contributed by atoms with Gasteiger partial charge >= 0.3 is 0 Å². The van der Waals surface area contributed by atoms with Crippen molar-refractivity contribution in [2.45, 2.75) is 18.2 Å². The molecule has 0 spiro atoms. The zero-order valence-electron chi connectivity index (χ0n) is 12.3. The fourth-order valence-electron chi connectivity index (χ4n) is 2.71. The lowest BCUT2D eigenvalue weighted by atomic mass is 10.0. The van der Waals surface area contributed by atoms with E-state index in [0.29, 0.717) is 26.2 Å². The highest BCUT2D eigenvalue weighted by Crippen LogP contribution is 2.32. The Morgan fingerprint density at radius 1 is 1.41 bits per heavy atom. The van der Waals surface area contributed by atoms with Crippen LogP contribution in [-0.2, 0) is 21.2 Å². The first-order valence-corrected chi connectivity index (χ1v) is 8.66. The molecule has 0 saturated carbocycles. The minimum atomic E-state index is -3.49. The number of nitrogens with zero attached hydrogens (tertiary/aromatic N) is 1. The zero-order chi connectivity index (χ0) is 15.0. The van der Waals surface area contributed by atoms with Gasteiger partial charge in [-0.1, -0.05) is 13.0 Å². The number of benzene rings is 1. The molecule has 1 aromatic rings. The third-order valence-corrected chi connectivity index (χ3v) is 5.54. The highest BCUT2D eigenvalue weighted by atomic mass is 35.5. The average Bonchev–Trinajstić information content (AvgIpc) is 2.79. The van der Waals surface area contributed by atoms with Crippen LogP contribution in [0.2, 0.25) is 0 Å². The number of sulfonamides is 1. The van der Waals surface area contributed by atoms with Gasteiger partial charge in [0.25, 0.3) is 0 Å². The smallest absolute Gasteiger partial charge is 0.240 e. The third kappa shape index (κ3) is 2.99. The second kappa shape index (κ2) is 6.54. The summed E-state index contributed by atoms with van der Waals surface area (Å²) < 4.78 is 26.6. The molecule has 2 N–H and O–H groups in total. The maximum atomic E-state index is 12.4. The van der Waals surface area contributed by atoms with Crippen LogP contribution >= 0.6 is 12.4 Å². The molecule has 0 atom stereocenters. The molecule has 0 aliphatic carbocycles. The predicted octanol–water partition coefficient (Wildman–Crippen LogP) is 0.515. The largest absolute Gasteiger partial charge is 0.315 e. The van der Waals surface area contributed by atoms with E-state index in [1.165, 1.54) is 0 Å². The SMILES string of the molecule is CCNS(=O)(=O)c1ccc2c(c1)N(C(=O)C1CNC1)CC2.Cl. The molecule has 122 valence electrons. The summed E-state index contributed by atoms with van der Waals surface area (Å²) >= 11 is 0. The van der Waals surface area contributed by atoms with E-state index in [1.807, 2.05) is 6.07 Å². The van der Waals surface area contributed by atoms with Crippen LogP contribution in [-0.4, -0.2) is 40.5 Å². The normalized spacial score (nSPS) is 17.6. The van der Waals surface area contributed by atoms with E-state index in [9.17, 15) is 13.2 Å². The van der Waals surface area contributed by atoms with Gasteiger partial charge in [0, 0.05) is 31.9 Å². The molecule has 22 heavy (non-hydrogen) atoms. The molecule has 8 heteroatoms. The third-order valence-electron chi connectivity index (χ3n) is 3.99. The maximum absolute atomic E-state index is 12.4. The van der Waals surface area contributed by atoms with Gasteiger partial charge < -0.3 is 10.2 Å². The van der Waals surface area contributed by atoms with Crippen LogP contribution in [0.4, 0.5) is 5.69 Å². The van der Waals surface area contributed by atoms with Crippen LogP contribution in [0.3, 0.4) is 0 Å². The summed E-state index contributed by atoms with van der Waals surface area (Å²) in [7, 11) is -3.49. The van der Waals surface area contributed by atoms with Crippen LogP contribution < -0.4 is 14.9 Å². The standard InChI is InChI=1S/C14H19N3O3S.ClH/c1-2-16-21(19,20)12-4-3-10-5-6-17(13(10)7-12)14(18)11-8-15-9-11;/h3-4,7,11,15-16H,2,5-6,8-9H2,1H3;1H. The van der Waals surface area contributed by atoms with E-state index in [4.69, 9.17) is 0 Å². The van der Waals surface area contributed by atoms with Crippen molar-refractivity contribution >= 4 is 34.0 Å². The summed E-state index contributed by atoms with van der Waals surface area (Å²) in [5.41, 5.74) is 1.77. The molecule has 0 unspecified atom stereocenters. The summed E-state index contributed by atoms with van der Waals surface area (Å²) in [6.07, 6.45) is 0.781. The van der Waals surface area contributed by atoms with Crippen molar-refractivity contribution in [3.63, 3.8) is 0 Å². The quantitative estimate of drug-likeness (QED) is 0.833. The van der Waals surface area contributed by atoms with E-state index in [0.717, 1.165) is 17.7 Å². The minimum Gasteiger partial charge on any atom is -0.315 e. The highest BCUT2D eigenvalue weighted by Gasteiger charge is 2.33. The van der Waals surface area contributed by atoms with Crippen LogP contribution in [0.15, 0.2) is 23.1 Å². The zero-order valence-corrected chi connectivity index (χ0v) is 14.0. The Morgan fingerprint density at radius 3 is 2.73 bits per heavy atom. The Morgan fingerprint density at radius 2 is 2.14 bits per heavy atom. The van der Waals surface area contributed by atoms with Crippen molar-refractivity contribution in [3.05, 3.63) is 23.8 Å². The van der Waals surface area contributed by atoms with E-state index >= 15 is 0 Å². The number of nitrogens with one attached hydrogen (secondary N) is 2. The molecule has 2 aliphatic heterocycles. The van der Waals surface area contributed by atoms with Crippen molar-refractivity contribution < 1.29 is 13.2 Å². The Hall–Kier alpha value is -1.15. The van der Waals surface area contributed by atoms with Crippen molar-refractivity contribution in [3.8, 4) is 0 Å². The second-order valence-corrected chi connectivity index (χ2v) is 7.15. The highest BCUT2D eigenvalue weighted by molar-refractivity contribution is 7.89. The lowest BCUT2D eigenvalue weighted by molar-refractivity contribution is -0.123. The second-order valence-electron chi connectivity index (χ2n) is 5.39. The van der Waals surface area contributed by atoms with Gasteiger partial charge in [0.05, 0.1) is 10.8 Å². The van der Waals surface area contributed by atoms with E-state index in [1.54, 1.807) is 24.0 Å². The van der Waals surface area contributed by atoms with E-state index in [-0.39, 0.29) is 29.1 Å². The van der Waals surface area contributed by atoms with Gasteiger partial charge in [0.2, 0.25) is 15.9 Å². The van der Waals surface area contributed by atoms with Gasteiger partial charge in [-0.25, -0.2) is 13.1 Å². The van der Waals surface area contributed by atoms with Gasteiger partial charge in [-0.15, -0.1) is 12.4 Å². The monoisotopic (exact) mass is 345 g/mol. The predicted molar refractivity (Wildman–Crippen MR) is 87.0 cm³/mol. The van der Waals surface area contributed by atoms with Crippen molar-refractivity contribution in [1.82, 2.24) is 10.0 Å². The Labute approximate surface area is 136 Å². The topological polar surface area (TPSA) is 78.5 Å². The molecule has 1 fully saturated rings. The van der Waals surface area contributed by atoms with Gasteiger partial charge in [-0.3, -0.25) is 4.79 Å². The Kier molecular flexibility index (Phi) is 5.11. The van der Waals surface area contributed by atoms with Crippen molar-refractivity contribution in [2.75, 3.05) is 31.1 Å². The summed E-state index contributed by atoms with van der Waals surface area (Å²) in [5, 5.41) is 3.09. The molecule has 0 radical (unpaired) electrons. The molecule has 0 bridgehead atoms. The van der Waals surface area contributed by atoms with Crippen LogP contribution in [0.1, 0.15) is 12.5 Å². The van der Waals surface area contributed by atoms with Gasteiger partial charge in [-0.05, 0) is 24.1 Å². The lowest BCUT2D eigenvalue weighted by Crippen LogP contribution is -2.51. The first-order valence-electron chi connectivity index (χ1n) is 7.17. The molecule has 6 nitrogen and oxygen atoms in total. The number of hydrogen-bond donors (Lipinski definition) is 2. The Balaban J connectivity index is 0.00000176. The molecule has 3 rings (SSSR count). The van der Waals surface area contributed by atoms with Gasteiger partial charge in [0.15, 0.2) is 0 Å². The number of halogens is 1. The van der Waals surface area contributed by atoms with Crippen molar-refractivity contribution in [2.24, 2.45) is 5.92 Å². The number of carbonyl (C=O) groups is 1.